The van der Waals surface area contributed by atoms with Gasteiger partial charge in [-0.05, 0) is 50.5 Å². The van der Waals surface area contributed by atoms with E-state index < -0.39 is 0 Å². The molecule has 122 valence electrons. The van der Waals surface area contributed by atoms with Crippen LogP contribution in [-0.2, 0) is 11.3 Å². The first-order chi connectivity index (χ1) is 11.6. The summed E-state index contributed by atoms with van der Waals surface area (Å²) in [5, 5.41) is 3.04. The molecule has 0 spiro atoms. The first kappa shape index (κ1) is 14.9. The van der Waals surface area contributed by atoms with Gasteiger partial charge in [-0.1, -0.05) is 29.8 Å². The predicted molar refractivity (Wildman–Crippen MR) is 96.3 cm³/mol. The fraction of sp³-hybridized carbons (Fsp3) is 0.300. The van der Waals surface area contributed by atoms with E-state index in [4.69, 9.17) is 4.98 Å². The number of rotatable bonds is 4. The molecule has 1 aliphatic carbocycles. The van der Waals surface area contributed by atoms with Gasteiger partial charge in [-0.2, -0.15) is 0 Å². The largest absolute Gasteiger partial charge is 0.324 e. The maximum Gasteiger partial charge on any atom is 0.244 e. The zero-order valence-electron chi connectivity index (χ0n) is 14.0. The lowest BCUT2D eigenvalue weighted by Crippen LogP contribution is -2.20. The molecule has 0 aliphatic heterocycles. The lowest BCUT2D eigenvalue weighted by atomic mass is 10.1. The Labute approximate surface area is 141 Å². The maximum atomic E-state index is 12.6. The zero-order chi connectivity index (χ0) is 16.7. The van der Waals surface area contributed by atoms with E-state index in [0.29, 0.717) is 12.5 Å². The molecule has 4 nitrogen and oxygen atoms in total. The van der Waals surface area contributed by atoms with Crippen molar-refractivity contribution >= 4 is 22.6 Å². The summed E-state index contributed by atoms with van der Waals surface area (Å²) in [5.74, 6) is 1.55. The third-order valence-electron chi connectivity index (χ3n) is 4.58. The summed E-state index contributed by atoms with van der Waals surface area (Å²) in [5.41, 5.74) is 5.17. The number of carbonyl (C=O) groups excluding carboxylic acids is 1. The molecule has 0 radical (unpaired) electrons. The highest BCUT2D eigenvalue weighted by Gasteiger charge is 2.30. The van der Waals surface area contributed by atoms with Crippen LogP contribution in [0.1, 0.15) is 35.7 Å². The van der Waals surface area contributed by atoms with Crippen molar-refractivity contribution in [2.24, 2.45) is 0 Å². The number of anilines is 1. The zero-order valence-corrected chi connectivity index (χ0v) is 14.0. The van der Waals surface area contributed by atoms with E-state index in [-0.39, 0.29) is 5.91 Å². The van der Waals surface area contributed by atoms with Crippen LogP contribution in [0.2, 0.25) is 0 Å². The molecule has 4 rings (SSSR count). The lowest BCUT2D eigenvalue weighted by molar-refractivity contribution is -0.116. The Morgan fingerprint density at radius 3 is 2.75 bits per heavy atom. The highest BCUT2D eigenvalue weighted by atomic mass is 16.1. The van der Waals surface area contributed by atoms with Crippen LogP contribution in [0.5, 0.6) is 0 Å². The van der Waals surface area contributed by atoms with E-state index in [1.807, 2.05) is 43.3 Å². The number of imidazole rings is 1. The highest BCUT2D eigenvalue weighted by molar-refractivity contribution is 5.92. The number of nitrogens with zero attached hydrogens (tertiary/aromatic N) is 2. The molecule has 0 bridgehead atoms. The number of benzene rings is 2. The Morgan fingerprint density at radius 2 is 2.00 bits per heavy atom. The first-order valence-electron chi connectivity index (χ1n) is 8.44. The second kappa shape index (κ2) is 5.78. The quantitative estimate of drug-likeness (QED) is 0.784. The number of para-hydroxylation sites is 2. The molecule has 1 fully saturated rings. The normalized spacial score (nSPS) is 14.1. The summed E-state index contributed by atoms with van der Waals surface area (Å²) < 4.78 is 2.08. The molecule has 4 heteroatoms. The minimum atomic E-state index is -0.00740. The van der Waals surface area contributed by atoms with Gasteiger partial charge in [0.05, 0.1) is 11.0 Å². The fourth-order valence-electron chi connectivity index (χ4n) is 3.20. The molecule has 24 heavy (non-hydrogen) atoms. The predicted octanol–water partition coefficient (Wildman–Crippen LogP) is 4.17. The highest BCUT2D eigenvalue weighted by Crippen LogP contribution is 2.40. The van der Waals surface area contributed by atoms with Gasteiger partial charge >= 0.3 is 0 Å². The lowest BCUT2D eigenvalue weighted by Gasteiger charge is -2.12. The summed E-state index contributed by atoms with van der Waals surface area (Å²) in [7, 11) is 0. The van der Waals surface area contributed by atoms with Crippen LogP contribution in [0.15, 0.2) is 42.5 Å². The molecule has 1 heterocycles. The third-order valence-corrected chi connectivity index (χ3v) is 4.58. The maximum absolute atomic E-state index is 12.6. The number of amides is 1. The monoisotopic (exact) mass is 319 g/mol. The van der Waals surface area contributed by atoms with Gasteiger partial charge in [0.15, 0.2) is 0 Å². The fourth-order valence-corrected chi connectivity index (χ4v) is 3.20. The minimum absolute atomic E-state index is 0.00740. The van der Waals surface area contributed by atoms with Crippen molar-refractivity contribution in [3.05, 3.63) is 59.4 Å². The SMILES string of the molecule is Cc1ccc(NC(=O)Cn2c(C3CC3)nc3ccccc32)c(C)c1. The molecule has 1 saturated carbocycles. The van der Waals surface area contributed by atoms with Crippen molar-refractivity contribution < 1.29 is 4.79 Å². The average Bonchev–Trinajstić information content (AvgIpc) is 3.34. The van der Waals surface area contributed by atoms with Crippen molar-refractivity contribution in [2.75, 3.05) is 5.32 Å². The van der Waals surface area contributed by atoms with Crippen LogP contribution < -0.4 is 5.32 Å². The van der Waals surface area contributed by atoms with E-state index in [9.17, 15) is 4.79 Å². The molecule has 1 amide bonds. The number of carbonyl (C=O) groups is 1. The van der Waals surface area contributed by atoms with Gasteiger partial charge in [0.2, 0.25) is 5.91 Å². The van der Waals surface area contributed by atoms with Gasteiger partial charge in [0.25, 0.3) is 0 Å². The minimum Gasteiger partial charge on any atom is -0.324 e. The summed E-state index contributed by atoms with van der Waals surface area (Å²) >= 11 is 0. The van der Waals surface area contributed by atoms with E-state index in [2.05, 4.69) is 22.9 Å². The topological polar surface area (TPSA) is 46.9 Å². The van der Waals surface area contributed by atoms with Crippen molar-refractivity contribution in [3.8, 4) is 0 Å². The van der Waals surface area contributed by atoms with Gasteiger partial charge < -0.3 is 9.88 Å². The average molecular weight is 319 g/mol. The Hall–Kier alpha value is -2.62. The number of aromatic nitrogens is 2. The van der Waals surface area contributed by atoms with Crippen LogP contribution >= 0.6 is 0 Å². The molecule has 2 aromatic carbocycles. The summed E-state index contributed by atoms with van der Waals surface area (Å²) in [6.07, 6.45) is 2.34. The van der Waals surface area contributed by atoms with Gasteiger partial charge in [-0.3, -0.25) is 4.79 Å². The molecular formula is C20H21N3O. The van der Waals surface area contributed by atoms with Crippen LogP contribution in [0.25, 0.3) is 11.0 Å². The number of fused-ring (bicyclic) bond motifs is 1. The molecular weight excluding hydrogens is 298 g/mol. The van der Waals surface area contributed by atoms with E-state index in [1.165, 1.54) is 18.4 Å². The van der Waals surface area contributed by atoms with Gasteiger partial charge in [0, 0.05) is 11.6 Å². The molecule has 0 saturated heterocycles. The van der Waals surface area contributed by atoms with Crippen LogP contribution in [0.4, 0.5) is 5.69 Å². The van der Waals surface area contributed by atoms with Crippen LogP contribution in [-0.4, -0.2) is 15.5 Å². The number of aryl methyl sites for hydroxylation is 2. The number of nitrogens with one attached hydrogen (secondary N) is 1. The van der Waals surface area contributed by atoms with E-state index in [0.717, 1.165) is 28.1 Å². The first-order valence-corrected chi connectivity index (χ1v) is 8.44. The number of hydrogen-bond donors (Lipinski definition) is 1. The molecule has 1 aliphatic rings. The van der Waals surface area contributed by atoms with Crippen molar-refractivity contribution in [2.45, 2.75) is 39.2 Å². The van der Waals surface area contributed by atoms with E-state index >= 15 is 0 Å². The molecule has 0 unspecified atom stereocenters. The van der Waals surface area contributed by atoms with Gasteiger partial charge in [0.1, 0.15) is 12.4 Å². The van der Waals surface area contributed by atoms with Crippen molar-refractivity contribution in [1.29, 1.82) is 0 Å². The van der Waals surface area contributed by atoms with E-state index in [1.54, 1.807) is 0 Å². The van der Waals surface area contributed by atoms with Gasteiger partial charge in [-0.25, -0.2) is 4.98 Å². The number of hydrogen-bond acceptors (Lipinski definition) is 2. The Morgan fingerprint density at radius 1 is 1.21 bits per heavy atom. The second-order valence-corrected chi connectivity index (χ2v) is 6.69. The Kier molecular flexibility index (Phi) is 3.60. The van der Waals surface area contributed by atoms with Crippen LogP contribution in [0.3, 0.4) is 0 Å². The third kappa shape index (κ3) is 2.80. The van der Waals surface area contributed by atoms with Crippen molar-refractivity contribution in [1.82, 2.24) is 9.55 Å². The Bertz CT molecular complexity index is 922. The standard InChI is InChI=1S/C20H21N3O/c1-13-7-10-16(14(2)11-13)21-19(24)12-23-18-6-4-3-5-17(18)22-20(23)15-8-9-15/h3-7,10-11,15H,8-9,12H2,1-2H3,(H,21,24). The molecule has 1 N–H and O–H groups in total. The van der Waals surface area contributed by atoms with Gasteiger partial charge in [-0.15, -0.1) is 0 Å². The molecule has 1 aromatic heterocycles. The summed E-state index contributed by atoms with van der Waals surface area (Å²) in [4.78, 5) is 17.3. The molecule has 0 atom stereocenters. The summed E-state index contributed by atoms with van der Waals surface area (Å²) in [6.45, 7) is 4.38. The Balaban J connectivity index is 1.61. The van der Waals surface area contributed by atoms with Crippen LogP contribution in [0, 0.1) is 13.8 Å². The molecule has 3 aromatic rings. The second-order valence-electron chi connectivity index (χ2n) is 6.69. The smallest absolute Gasteiger partial charge is 0.244 e. The van der Waals surface area contributed by atoms with Crippen molar-refractivity contribution in [3.63, 3.8) is 0 Å². The summed E-state index contributed by atoms with van der Waals surface area (Å²) in [6, 6.07) is 14.1.